The van der Waals surface area contributed by atoms with Crippen molar-refractivity contribution in [2.75, 3.05) is 33.8 Å². The maximum Gasteiger partial charge on any atom is 0.430 e. The minimum Gasteiger partial charge on any atom is -0.491 e. The lowest BCUT2D eigenvalue weighted by atomic mass is 9.87. The Balaban J connectivity index is 1.48. The Labute approximate surface area is 224 Å². The van der Waals surface area contributed by atoms with Gasteiger partial charge in [-0.3, -0.25) is 9.59 Å². The number of aliphatic hydroxyl groups is 1. The molecule has 1 heterocycles. The summed E-state index contributed by atoms with van der Waals surface area (Å²) in [4.78, 5) is 27.3. The molecule has 11 heteroatoms. The third-order valence-corrected chi connectivity index (χ3v) is 7.02. The van der Waals surface area contributed by atoms with Gasteiger partial charge in [0, 0.05) is 32.7 Å². The summed E-state index contributed by atoms with van der Waals surface area (Å²) in [7, 11) is 3.21. The number of alkyl halides is 4. The zero-order chi connectivity index (χ0) is 28.1. The number of rotatable bonds is 9. The summed E-state index contributed by atoms with van der Waals surface area (Å²) in [5.41, 5.74) is -3.84. The van der Waals surface area contributed by atoms with Crippen LogP contribution >= 0.6 is 11.6 Å². The maximum absolute atomic E-state index is 14.5. The molecule has 6 nitrogen and oxygen atoms in total. The molecule has 1 aliphatic rings. The van der Waals surface area contributed by atoms with Crippen LogP contribution in [0.25, 0.3) is 0 Å². The number of hydrogen-bond donors (Lipinski definition) is 1. The van der Waals surface area contributed by atoms with Gasteiger partial charge in [0.15, 0.2) is 0 Å². The zero-order valence-electron chi connectivity index (χ0n) is 21.2. The van der Waals surface area contributed by atoms with Gasteiger partial charge in [-0.15, -0.1) is 0 Å². The van der Waals surface area contributed by atoms with Crippen molar-refractivity contribution in [3.05, 3.63) is 64.7 Å². The number of carbonyl (C=O) groups is 2. The average molecular weight is 559 g/mol. The molecule has 2 aromatic rings. The summed E-state index contributed by atoms with van der Waals surface area (Å²) in [5, 5.41) is 10.7. The molecular formula is C27H31ClF4N2O4. The fourth-order valence-electron chi connectivity index (χ4n) is 4.43. The first-order valence-corrected chi connectivity index (χ1v) is 12.6. The summed E-state index contributed by atoms with van der Waals surface area (Å²) in [5.74, 6) is -1.31. The molecule has 1 fully saturated rings. The molecule has 208 valence electrons. The van der Waals surface area contributed by atoms with E-state index < -0.39 is 29.4 Å². The van der Waals surface area contributed by atoms with Crippen molar-refractivity contribution in [2.45, 2.75) is 43.6 Å². The molecule has 3 rings (SSSR count). The van der Waals surface area contributed by atoms with E-state index in [2.05, 4.69) is 0 Å². The highest BCUT2D eigenvalue weighted by Crippen LogP contribution is 2.41. The van der Waals surface area contributed by atoms with Crippen molar-refractivity contribution >= 4 is 23.4 Å². The molecule has 0 aliphatic carbocycles. The van der Waals surface area contributed by atoms with Gasteiger partial charge >= 0.3 is 6.18 Å². The molecule has 0 aromatic heterocycles. The number of nitrogens with zero attached hydrogens (tertiary/aromatic N) is 2. The quantitative estimate of drug-likeness (QED) is 0.428. The highest BCUT2D eigenvalue weighted by Gasteiger charge is 2.62. The van der Waals surface area contributed by atoms with Crippen LogP contribution in [-0.4, -0.2) is 72.9 Å². The average Bonchev–Trinajstić information content (AvgIpc) is 2.89. The Morgan fingerprint density at radius 3 is 2.32 bits per heavy atom. The van der Waals surface area contributed by atoms with Gasteiger partial charge in [-0.05, 0) is 49.8 Å². The van der Waals surface area contributed by atoms with Crippen molar-refractivity contribution in [1.29, 1.82) is 0 Å². The van der Waals surface area contributed by atoms with E-state index in [9.17, 15) is 32.3 Å². The summed E-state index contributed by atoms with van der Waals surface area (Å²) < 4.78 is 61.4. The standard InChI is InChI=1S/C27H31ClF4N2O4/c1-33(2)24(35)22-11-10-21(16-23(22)28)38-17-20(29)9-8-18-12-14-34(15-13-18)25(36)26(37,27(30,31)32)19-6-4-3-5-7-19/h3-7,10-11,16,18,20,37H,8-9,12-15,17H2,1-2H3/t20?,26-/m1/s1. The summed E-state index contributed by atoms with van der Waals surface area (Å²) in [6.45, 7) is -0.137. The molecule has 38 heavy (non-hydrogen) atoms. The number of piperidine rings is 1. The van der Waals surface area contributed by atoms with Crippen LogP contribution in [0.4, 0.5) is 17.6 Å². The topological polar surface area (TPSA) is 70.1 Å². The molecule has 1 saturated heterocycles. The highest BCUT2D eigenvalue weighted by molar-refractivity contribution is 6.34. The fourth-order valence-corrected chi connectivity index (χ4v) is 4.68. The van der Waals surface area contributed by atoms with E-state index >= 15 is 0 Å². The second kappa shape index (κ2) is 12.3. The summed E-state index contributed by atoms with van der Waals surface area (Å²) in [6.07, 6.45) is -5.01. The Kier molecular flexibility index (Phi) is 9.64. The number of benzene rings is 2. The van der Waals surface area contributed by atoms with Gasteiger partial charge in [0.25, 0.3) is 17.4 Å². The number of halogens is 5. The molecule has 0 spiro atoms. The van der Waals surface area contributed by atoms with E-state index in [-0.39, 0.29) is 43.0 Å². The Hall–Kier alpha value is -2.85. The lowest BCUT2D eigenvalue weighted by Crippen LogP contribution is -2.57. The van der Waals surface area contributed by atoms with E-state index in [0.717, 1.165) is 17.0 Å². The SMILES string of the molecule is CN(C)C(=O)c1ccc(OCC(F)CCC2CCN(C(=O)[C@](O)(c3ccccc3)C(F)(F)F)CC2)cc1Cl. The van der Waals surface area contributed by atoms with Crippen LogP contribution < -0.4 is 4.74 Å². The monoisotopic (exact) mass is 558 g/mol. The molecule has 1 unspecified atom stereocenters. The number of likely N-dealkylation sites (tertiary alicyclic amines) is 1. The minimum absolute atomic E-state index is 0.0266. The molecule has 2 atom stereocenters. The Bertz CT molecular complexity index is 1110. The molecular weight excluding hydrogens is 528 g/mol. The second-order valence-corrected chi connectivity index (χ2v) is 10.0. The van der Waals surface area contributed by atoms with Gasteiger partial charge in [0.1, 0.15) is 18.5 Å². The van der Waals surface area contributed by atoms with Crippen molar-refractivity contribution in [1.82, 2.24) is 9.80 Å². The number of ether oxygens (including phenoxy) is 1. The van der Waals surface area contributed by atoms with Crippen molar-refractivity contribution in [3.8, 4) is 5.75 Å². The molecule has 1 N–H and O–H groups in total. The van der Waals surface area contributed by atoms with Crippen LogP contribution in [0.5, 0.6) is 5.75 Å². The lowest BCUT2D eigenvalue weighted by Gasteiger charge is -2.38. The predicted molar refractivity (Wildman–Crippen MR) is 135 cm³/mol. The second-order valence-electron chi connectivity index (χ2n) is 9.64. The smallest absolute Gasteiger partial charge is 0.430 e. The third kappa shape index (κ3) is 6.77. The van der Waals surface area contributed by atoms with E-state index in [4.69, 9.17) is 16.3 Å². The number of amides is 2. The molecule has 0 bridgehead atoms. The first-order valence-electron chi connectivity index (χ1n) is 12.3. The van der Waals surface area contributed by atoms with Gasteiger partial charge in [0.2, 0.25) is 0 Å². The van der Waals surface area contributed by atoms with Gasteiger partial charge in [0.05, 0.1) is 10.6 Å². The third-order valence-electron chi connectivity index (χ3n) is 6.71. The Morgan fingerprint density at radius 2 is 1.76 bits per heavy atom. The first-order chi connectivity index (χ1) is 17.8. The minimum atomic E-state index is -5.18. The molecule has 2 amide bonds. The molecule has 0 radical (unpaired) electrons. The number of hydrogen-bond acceptors (Lipinski definition) is 4. The largest absolute Gasteiger partial charge is 0.491 e. The maximum atomic E-state index is 14.5. The van der Waals surface area contributed by atoms with Crippen LogP contribution in [0.1, 0.15) is 41.6 Å². The first kappa shape index (κ1) is 29.7. The zero-order valence-corrected chi connectivity index (χ0v) is 21.9. The Morgan fingerprint density at radius 1 is 1.13 bits per heavy atom. The predicted octanol–water partition coefficient (Wildman–Crippen LogP) is 5.23. The number of carbonyl (C=O) groups excluding carboxylic acids is 2. The van der Waals surface area contributed by atoms with E-state index in [1.54, 1.807) is 20.2 Å². The van der Waals surface area contributed by atoms with E-state index in [0.29, 0.717) is 30.6 Å². The van der Waals surface area contributed by atoms with E-state index in [1.165, 1.54) is 35.2 Å². The van der Waals surface area contributed by atoms with Crippen LogP contribution in [0, 0.1) is 5.92 Å². The van der Waals surface area contributed by atoms with Gasteiger partial charge in [-0.2, -0.15) is 13.2 Å². The summed E-state index contributed by atoms with van der Waals surface area (Å²) in [6, 6.07) is 10.8. The molecule has 0 saturated carbocycles. The van der Waals surface area contributed by atoms with Crippen LogP contribution in [-0.2, 0) is 10.4 Å². The van der Waals surface area contributed by atoms with Crippen LogP contribution in [0.3, 0.4) is 0 Å². The van der Waals surface area contributed by atoms with Gasteiger partial charge in [-0.25, -0.2) is 4.39 Å². The van der Waals surface area contributed by atoms with Crippen LogP contribution in [0.2, 0.25) is 5.02 Å². The van der Waals surface area contributed by atoms with E-state index in [1.807, 2.05) is 0 Å². The fraction of sp³-hybridized carbons (Fsp3) is 0.481. The van der Waals surface area contributed by atoms with Crippen LogP contribution in [0.15, 0.2) is 48.5 Å². The molecule has 1 aliphatic heterocycles. The molecule has 2 aromatic carbocycles. The summed E-state index contributed by atoms with van der Waals surface area (Å²) >= 11 is 6.14. The van der Waals surface area contributed by atoms with Gasteiger partial charge < -0.3 is 19.6 Å². The van der Waals surface area contributed by atoms with Crippen molar-refractivity contribution < 1.29 is 37.0 Å². The van der Waals surface area contributed by atoms with Crippen molar-refractivity contribution in [2.24, 2.45) is 5.92 Å². The normalized spacial score (nSPS) is 17.0. The lowest BCUT2D eigenvalue weighted by molar-refractivity contribution is -0.262. The van der Waals surface area contributed by atoms with Crippen molar-refractivity contribution in [3.63, 3.8) is 0 Å². The van der Waals surface area contributed by atoms with Gasteiger partial charge in [-0.1, -0.05) is 41.9 Å². The highest BCUT2D eigenvalue weighted by atomic mass is 35.5.